The molecule has 2 fully saturated rings. The largest absolute Gasteiger partial charge is 0.504 e. The number of hydrogen-bond donors (Lipinski definition) is 2. The van der Waals surface area contributed by atoms with Crippen LogP contribution in [0.5, 0.6) is 11.5 Å². The molecular weight excluding hydrogens is 304 g/mol. The summed E-state index contributed by atoms with van der Waals surface area (Å²) in [6, 6.07) is 5.87. The first kappa shape index (κ1) is 17.2. The predicted octanol–water partition coefficient (Wildman–Crippen LogP) is 2.84. The van der Waals surface area contributed by atoms with E-state index >= 15 is 0 Å². The Morgan fingerprint density at radius 3 is 2.58 bits per heavy atom. The van der Waals surface area contributed by atoms with Crippen molar-refractivity contribution in [3.05, 3.63) is 23.8 Å². The van der Waals surface area contributed by atoms with Crippen LogP contribution in [0, 0.1) is 5.92 Å². The van der Waals surface area contributed by atoms with Gasteiger partial charge in [0.25, 0.3) is 0 Å². The number of phenols is 1. The van der Waals surface area contributed by atoms with Gasteiger partial charge >= 0.3 is 5.97 Å². The molecule has 24 heavy (non-hydrogen) atoms. The van der Waals surface area contributed by atoms with Crippen LogP contribution in [0.2, 0.25) is 0 Å². The Labute approximate surface area is 144 Å². The number of ether oxygens (including phenoxy) is 1. The number of esters is 1. The van der Waals surface area contributed by atoms with Crippen molar-refractivity contribution in [1.82, 2.24) is 10.2 Å². The molecular formula is C19H28N2O3. The molecule has 1 atom stereocenters. The molecule has 1 aliphatic carbocycles. The second kappa shape index (κ2) is 7.99. The monoisotopic (exact) mass is 332 g/mol. The maximum Gasteiger partial charge on any atom is 0.308 e. The first-order valence-corrected chi connectivity index (χ1v) is 9.11. The summed E-state index contributed by atoms with van der Waals surface area (Å²) in [4.78, 5) is 13.7. The minimum atomic E-state index is -0.413. The molecule has 5 nitrogen and oxygen atoms in total. The number of carbonyl (C=O) groups excluding carboxylic acids is 1. The van der Waals surface area contributed by atoms with Crippen LogP contribution in [0.3, 0.4) is 0 Å². The van der Waals surface area contributed by atoms with Crippen LogP contribution in [0.4, 0.5) is 0 Å². The van der Waals surface area contributed by atoms with E-state index in [0.717, 1.165) is 31.7 Å². The number of nitrogens with one attached hydrogen (secondary N) is 1. The summed E-state index contributed by atoms with van der Waals surface area (Å²) in [5.74, 6) is 0.521. The Morgan fingerprint density at radius 1 is 1.25 bits per heavy atom. The van der Waals surface area contributed by atoms with E-state index in [4.69, 9.17) is 4.74 Å². The number of phenolic OH excluding ortho intramolecular Hbond substituents is 1. The number of piperazine rings is 1. The van der Waals surface area contributed by atoms with Gasteiger partial charge in [0.15, 0.2) is 11.5 Å². The van der Waals surface area contributed by atoms with E-state index < -0.39 is 5.97 Å². The molecule has 1 saturated heterocycles. The number of rotatable bonds is 4. The minimum Gasteiger partial charge on any atom is -0.504 e. The summed E-state index contributed by atoms with van der Waals surface area (Å²) in [5, 5.41) is 13.7. The Hall–Kier alpha value is -1.59. The van der Waals surface area contributed by atoms with Gasteiger partial charge in [-0.05, 0) is 36.5 Å². The van der Waals surface area contributed by atoms with E-state index in [0.29, 0.717) is 12.0 Å². The van der Waals surface area contributed by atoms with Gasteiger partial charge in [0.1, 0.15) is 0 Å². The molecule has 1 aliphatic heterocycles. The molecule has 5 heteroatoms. The lowest BCUT2D eigenvalue weighted by Crippen LogP contribution is -2.47. The van der Waals surface area contributed by atoms with Crippen LogP contribution in [0.25, 0.3) is 0 Å². The summed E-state index contributed by atoms with van der Waals surface area (Å²) < 4.78 is 5.06. The third kappa shape index (κ3) is 4.08. The Balaban J connectivity index is 1.86. The van der Waals surface area contributed by atoms with Crippen LogP contribution in [0.1, 0.15) is 50.6 Å². The van der Waals surface area contributed by atoms with Crippen LogP contribution < -0.4 is 10.1 Å². The lowest BCUT2D eigenvalue weighted by atomic mass is 9.80. The molecule has 1 heterocycles. The number of hydrogen-bond acceptors (Lipinski definition) is 5. The zero-order valence-corrected chi connectivity index (χ0v) is 14.5. The fourth-order valence-electron chi connectivity index (χ4n) is 4.15. The lowest BCUT2D eigenvalue weighted by molar-refractivity contribution is -0.132. The highest BCUT2D eigenvalue weighted by atomic mass is 16.5. The van der Waals surface area contributed by atoms with E-state index in [1.807, 2.05) is 6.07 Å². The van der Waals surface area contributed by atoms with Crippen molar-refractivity contribution in [2.45, 2.75) is 45.1 Å². The fourth-order valence-corrected chi connectivity index (χ4v) is 4.15. The molecule has 1 saturated carbocycles. The molecule has 3 rings (SSSR count). The van der Waals surface area contributed by atoms with Gasteiger partial charge in [0, 0.05) is 39.1 Å². The SMILES string of the molecule is CC(=O)Oc1ccc([C@@H](C2CCCCC2)N2CCNCC2)cc1O. The molecule has 132 valence electrons. The molecule has 0 amide bonds. The highest BCUT2D eigenvalue weighted by molar-refractivity contribution is 5.70. The van der Waals surface area contributed by atoms with Crippen LogP contribution in [-0.4, -0.2) is 42.2 Å². The maximum absolute atomic E-state index is 11.1. The van der Waals surface area contributed by atoms with Crippen molar-refractivity contribution >= 4 is 5.97 Å². The van der Waals surface area contributed by atoms with Crippen molar-refractivity contribution in [3.63, 3.8) is 0 Å². The van der Waals surface area contributed by atoms with Crippen molar-refractivity contribution < 1.29 is 14.6 Å². The normalized spacial score (nSPS) is 21.4. The second-order valence-corrected chi connectivity index (χ2v) is 6.95. The van der Waals surface area contributed by atoms with Crippen LogP contribution in [0.15, 0.2) is 18.2 Å². The van der Waals surface area contributed by atoms with Gasteiger partial charge in [0.2, 0.25) is 0 Å². The Morgan fingerprint density at radius 2 is 1.96 bits per heavy atom. The fraction of sp³-hybridized carbons (Fsp3) is 0.632. The molecule has 0 bridgehead atoms. The van der Waals surface area contributed by atoms with Gasteiger partial charge in [0.05, 0.1) is 0 Å². The van der Waals surface area contributed by atoms with Crippen molar-refractivity contribution in [2.24, 2.45) is 5.92 Å². The highest BCUT2D eigenvalue weighted by Gasteiger charge is 2.31. The van der Waals surface area contributed by atoms with Crippen molar-refractivity contribution in [3.8, 4) is 11.5 Å². The molecule has 1 aromatic rings. The van der Waals surface area contributed by atoms with E-state index in [9.17, 15) is 9.90 Å². The number of nitrogens with zero attached hydrogens (tertiary/aromatic N) is 1. The van der Waals surface area contributed by atoms with Gasteiger partial charge < -0.3 is 15.2 Å². The number of benzene rings is 1. The molecule has 1 aromatic carbocycles. The van der Waals surface area contributed by atoms with Gasteiger partial charge in [-0.3, -0.25) is 9.69 Å². The summed E-state index contributed by atoms with van der Waals surface area (Å²) >= 11 is 0. The van der Waals surface area contributed by atoms with Gasteiger partial charge in [-0.25, -0.2) is 0 Å². The van der Waals surface area contributed by atoms with Gasteiger partial charge in [-0.15, -0.1) is 0 Å². The average molecular weight is 332 g/mol. The zero-order chi connectivity index (χ0) is 16.9. The van der Waals surface area contributed by atoms with E-state index in [2.05, 4.69) is 10.2 Å². The lowest BCUT2D eigenvalue weighted by Gasteiger charge is -2.41. The standard InChI is InChI=1S/C19H28N2O3/c1-14(22)24-18-8-7-16(13-17(18)23)19(15-5-3-2-4-6-15)21-11-9-20-10-12-21/h7-8,13,15,19-20,23H,2-6,9-12H2,1H3/t19-/m1/s1. The smallest absolute Gasteiger partial charge is 0.308 e. The molecule has 0 unspecified atom stereocenters. The van der Waals surface area contributed by atoms with Crippen molar-refractivity contribution in [1.29, 1.82) is 0 Å². The first-order chi connectivity index (χ1) is 11.6. The summed E-state index contributed by atoms with van der Waals surface area (Å²) in [7, 11) is 0. The number of aromatic hydroxyl groups is 1. The van der Waals surface area contributed by atoms with Crippen LogP contribution in [-0.2, 0) is 4.79 Å². The quantitative estimate of drug-likeness (QED) is 0.656. The van der Waals surface area contributed by atoms with E-state index in [1.54, 1.807) is 12.1 Å². The molecule has 0 radical (unpaired) electrons. The summed E-state index contributed by atoms with van der Waals surface area (Å²) in [5.41, 5.74) is 1.14. The van der Waals surface area contributed by atoms with E-state index in [1.165, 1.54) is 39.0 Å². The van der Waals surface area contributed by atoms with Crippen LogP contribution >= 0.6 is 0 Å². The average Bonchev–Trinajstić information content (AvgIpc) is 2.59. The molecule has 0 aromatic heterocycles. The predicted molar refractivity (Wildman–Crippen MR) is 93.2 cm³/mol. The molecule has 2 N–H and O–H groups in total. The van der Waals surface area contributed by atoms with Crippen molar-refractivity contribution in [2.75, 3.05) is 26.2 Å². The topological polar surface area (TPSA) is 61.8 Å². The second-order valence-electron chi connectivity index (χ2n) is 6.95. The third-order valence-electron chi connectivity index (χ3n) is 5.22. The zero-order valence-electron chi connectivity index (χ0n) is 14.5. The summed E-state index contributed by atoms with van der Waals surface area (Å²) in [6.07, 6.45) is 6.43. The maximum atomic E-state index is 11.1. The highest BCUT2D eigenvalue weighted by Crippen LogP contribution is 2.40. The van der Waals surface area contributed by atoms with E-state index in [-0.39, 0.29) is 11.5 Å². The number of carbonyl (C=O) groups is 1. The summed E-state index contributed by atoms with van der Waals surface area (Å²) in [6.45, 7) is 5.45. The Bertz CT molecular complexity index is 546. The molecule has 2 aliphatic rings. The minimum absolute atomic E-state index is 0.0543. The third-order valence-corrected chi connectivity index (χ3v) is 5.22. The first-order valence-electron chi connectivity index (χ1n) is 9.11. The molecule has 0 spiro atoms. The van der Waals surface area contributed by atoms with Gasteiger partial charge in [-0.2, -0.15) is 0 Å². The van der Waals surface area contributed by atoms with Gasteiger partial charge in [-0.1, -0.05) is 25.3 Å². The Kier molecular flexibility index (Phi) is 5.74.